The van der Waals surface area contributed by atoms with Crippen LogP contribution in [0, 0.1) is 0 Å². The number of rotatable bonds is 4. The number of carboxylic acids is 1. The molecular formula is C9H12N4O5S3. The summed E-state index contributed by atoms with van der Waals surface area (Å²) in [6.07, 6.45) is 0. The Labute approximate surface area is 128 Å². The number of hydrogen-bond acceptors (Lipinski definition) is 8. The Kier molecular flexibility index (Phi) is 4.51. The van der Waals surface area contributed by atoms with Gasteiger partial charge in [0.25, 0.3) is 10.0 Å². The summed E-state index contributed by atoms with van der Waals surface area (Å²) in [5.74, 6) is -1.43. The fourth-order valence-electron chi connectivity index (χ4n) is 1.78. The molecule has 0 saturated carbocycles. The number of nitrogens with one attached hydrogen (secondary N) is 1. The minimum atomic E-state index is -4.07. The SMILES string of the molecule is CC(=O)Nc1nnc(S(=O)(=O)N2C(C)SCC2C(=O)O)s1. The lowest BCUT2D eigenvalue weighted by molar-refractivity contribution is -0.140. The predicted octanol–water partition coefficient (Wildman–Crippen LogP) is 0.0332. The third-order valence-electron chi connectivity index (χ3n) is 2.63. The third-order valence-corrected chi connectivity index (χ3v) is 7.15. The van der Waals surface area contributed by atoms with Gasteiger partial charge in [0.2, 0.25) is 15.4 Å². The van der Waals surface area contributed by atoms with Crippen LogP contribution in [0.1, 0.15) is 13.8 Å². The Hall–Kier alpha value is -1.24. The van der Waals surface area contributed by atoms with E-state index in [-0.39, 0.29) is 15.2 Å². The van der Waals surface area contributed by atoms with Gasteiger partial charge >= 0.3 is 5.97 Å². The van der Waals surface area contributed by atoms with Crippen molar-refractivity contribution in [1.82, 2.24) is 14.5 Å². The number of sulfonamides is 1. The van der Waals surface area contributed by atoms with E-state index in [0.717, 1.165) is 4.31 Å². The number of anilines is 1. The van der Waals surface area contributed by atoms with E-state index in [9.17, 15) is 18.0 Å². The summed E-state index contributed by atoms with van der Waals surface area (Å²) in [4.78, 5) is 22.1. The second-order valence-corrected chi connectivity index (χ2v) is 8.52. The smallest absolute Gasteiger partial charge is 0.322 e. The molecule has 1 aliphatic heterocycles. The molecule has 1 aromatic rings. The summed E-state index contributed by atoms with van der Waals surface area (Å²) in [5.41, 5.74) is 0. The van der Waals surface area contributed by atoms with E-state index >= 15 is 0 Å². The van der Waals surface area contributed by atoms with Crippen LogP contribution < -0.4 is 5.32 Å². The standard InChI is InChI=1S/C9H12N4O5S3/c1-4(14)10-8-11-12-9(20-8)21(17,18)13-5(2)19-3-6(13)7(15)16/h5-6H,3H2,1-2H3,(H,15,16)(H,10,11,14). The molecule has 0 spiro atoms. The maximum absolute atomic E-state index is 12.5. The Bertz CT molecular complexity index is 673. The highest BCUT2D eigenvalue weighted by Gasteiger charge is 2.46. The highest BCUT2D eigenvalue weighted by Crippen LogP contribution is 2.35. The van der Waals surface area contributed by atoms with Crippen molar-refractivity contribution in [2.45, 2.75) is 29.6 Å². The van der Waals surface area contributed by atoms with Crippen molar-refractivity contribution in [3.05, 3.63) is 0 Å². The second kappa shape index (κ2) is 5.87. The predicted molar refractivity (Wildman–Crippen MR) is 76.6 cm³/mol. The molecule has 0 bridgehead atoms. The lowest BCUT2D eigenvalue weighted by Crippen LogP contribution is -2.44. The number of carbonyl (C=O) groups is 2. The molecule has 2 rings (SSSR count). The van der Waals surface area contributed by atoms with E-state index in [2.05, 4.69) is 15.5 Å². The van der Waals surface area contributed by atoms with Crippen LogP contribution in [0.2, 0.25) is 0 Å². The summed E-state index contributed by atoms with van der Waals surface area (Å²) in [6.45, 7) is 2.87. The summed E-state index contributed by atoms with van der Waals surface area (Å²) in [5, 5.41) is 18.1. The lowest BCUT2D eigenvalue weighted by atomic mass is 10.3. The van der Waals surface area contributed by atoms with Gasteiger partial charge in [-0.15, -0.1) is 22.0 Å². The van der Waals surface area contributed by atoms with E-state index in [1.54, 1.807) is 6.92 Å². The monoisotopic (exact) mass is 352 g/mol. The number of aromatic nitrogens is 2. The number of thioether (sulfide) groups is 1. The summed E-state index contributed by atoms with van der Waals surface area (Å²) in [7, 11) is -4.07. The first-order valence-electron chi connectivity index (χ1n) is 5.72. The first kappa shape index (κ1) is 16.1. The number of hydrogen-bond donors (Lipinski definition) is 2. The molecule has 2 N–H and O–H groups in total. The molecule has 0 aromatic carbocycles. The van der Waals surface area contributed by atoms with Gasteiger partial charge in [-0.05, 0) is 6.92 Å². The quantitative estimate of drug-likeness (QED) is 0.726. The molecule has 2 atom stereocenters. The average Bonchev–Trinajstić information content (AvgIpc) is 2.95. The minimum Gasteiger partial charge on any atom is -0.480 e. The zero-order valence-electron chi connectivity index (χ0n) is 11.0. The van der Waals surface area contributed by atoms with Crippen molar-refractivity contribution in [3.8, 4) is 0 Å². The van der Waals surface area contributed by atoms with Crippen LogP contribution in [-0.2, 0) is 19.6 Å². The Morgan fingerprint density at radius 1 is 1.43 bits per heavy atom. The van der Waals surface area contributed by atoms with Crippen molar-refractivity contribution < 1.29 is 23.1 Å². The lowest BCUT2D eigenvalue weighted by Gasteiger charge is -2.22. The molecule has 1 aliphatic rings. The Morgan fingerprint density at radius 2 is 2.10 bits per heavy atom. The zero-order valence-corrected chi connectivity index (χ0v) is 13.5. The minimum absolute atomic E-state index is 0.0486. The largest absolute Gasteiger partial charge is 0.480 e. The molecule has 116 valence electrons. The van der Waals surface area contributed by atoms with Gasteiger partial charge in [-0.25, -0.2) is 8.42 Å². The summed E-state index contributed by atoms with van der Waals surface area (Å²) in [6, 6.07) is -1.14. The van der Waals surface area contributed by atoms with E-state index < -0.39 is 33.3 Å². The van der Waals surface area contributed by atoms with Crippen LogP contribution in [0.15, 0.2) is 4.34 Å². The molecule has 12 heteroatoms. The van der Waals surface area contributed by atoms with Gasteiger partial charge in [0.05, 0.1) is 5.37 Å². The van der Waals surface area contributed by atoms with Crippen LogP contribution in [0.3, 0.4) is 0 Å². The molecule has 2 heterocycles. The van der Waals surface area contributed by atoms with Gasteiger partial charge in [-0.3, -0.25) is 9.59 Å². The first-order chi connectivity index (χ1) is 9.73. The topological polar surface area (TPSA) is 130 Å². The number of carbonyl (C=O) groups excluding carboxylic acids is 1. The van der Waals surface area contributed by atoms with E-state index in [4.69, 9.17) is 5.11 Å². The fraction of sp³-hybridized carbons (Fsp3) is 0.556. The van der Waals surface area contributed by atoms with Crippen LogP contribution in [0.4, 0.5) is 5.13 Å². The number of carboxylic acid groups (broad SMARTS) is 1. The van der Waals surface area contributed by atoms with Crippen LogP contribution in [0.5, 0.6) is 0 Å². The molecule has 21 heavy (non-hydrogen) atoms. The molecule has 9 nitrogen and oxygen atoms in total. The van der Waals surface area contributed by atoms with Crippen molar-refractivity contribution in [1.29, 1.82) is 0 Å². The highest BCUT2D eigenvalue weighted by molar-refractivity contribution is 8.01. The Morgan fingerprint density at radius 3 is 2.67 bits per heavy atom. The van der Waals surface area contributed by atoms with Gasteiger partial charge in [-0.2, -0.15) is 4.31 Å². The fourth-order valence-corrected chi connectivity index (χ4v) is 6.11. The highest BCUT2D eigenvalue weighted by atomic mass is 32.2. The summed E-state index contributed by atoms with van der Waals surface area (Å²) >= 11 is 1.92. The first-order valence-corrected chi connectivity index (χ1v) is 9.03. The van der Waals surface area contributed by atoms with Crippen molar-refractivity contribution in [3.63, 3.8) is 0 Å². The van der Waals surface area contributed by atoms with Gasteiger partial charge in [-0.1, -0.05) is 11.3 Å². The van der Waals surface area contributed by atoms with Crippen LogP contribution in [0.25, 0.3) is 0 Å². The Balaban J connectivity index is 2.34. The summed E-state index contributed by atoms with van der Waals surface area (Å²) < 4.78 is 25.6. The van der Waals surface area contributed by atoms with E-state index in [1.807, 2.05) is 0 Å². The molecule has 0 aliphatic carbocycles. The van der Waals surface area contributed by atoms with E-state index in [1.165, 1.54) is 18.7 Å². The van der Waals surface area contributed by atoms with Crippen molar-refractivity contribution in [2.24, 2.45) is 0 Å². The number of nitrogens with zero attached hydrogens (tertiary/aromatic N) is 3. The van der Waals surface area contributed by atoms with Crippen molar-refractivity contribution in [2.75, 3.05) is 11.1 Å². The maximum atomic E-state index is 12.5. The van der Waals surface area contributed by atoms with Crippen LogP contribution in [-0.4, -0.2) is 57.1 Å². The second-order valence-electron chi connectivity index (χ2n) is 4.18. The van der Waals surface area contributed by atoms with Crippen molar-refractivity contribution >= 4 is 50.1 Å². The zero-order chi connectivity index (χ0) is 15.8. The third kappa shape index (κ3) is 3.17. The number of amides is 1. The van der Waals surface area contributed by atoms with Gasteiger partial charge < -0.3 is 10.4 Å². The molecular weight excluding hydrogens is 340 g/mol. The normalized spacial score (nSPS) is 23.1. The molecule has 1 saturated heterocycles. The molecule has 1 amide bonds. The van der Waals surface area contributed by atoms with Gasteiger partial charge in [0, 0.05) is 12.7 Å². The number of aliphatic carboxylic acids is 1. The van der Waals surface area contributed by atoms with Gasteiger partial charge in [0.15, 0.2) is 0 Å². The van der Waals surface area contributed by atoms with Gasteiger partial charge in [0.1, 0.15) is 6.04 Å². The molecule has 1 aromatic heterocycles. The molecule has 0 radical (unpaired) electrons. The molecule has 1 fully saturated rings. The average molecular weight is 352 g/mol. The van der Waals surface area contributed by atoms with E-state index in [0.29, 0.717) is 11.3 Å². The molecule has 2 unspecified atom stereocenters. The maximum Gasteiger partial charge on any atom is 0.322 e. The van der Waals surface area contributed by atoms with Crippen LogP contribution >= 0.6 is 23.1 Å².